The molecule has 3 amide bonds. The number of ether oxygens (including phenoxy) is 1. The molecule has 0 saturated carbocycles. The van der Waals surface area contributed by atoms with Crippen LogP contribution in [0.5, 0.6) is 0 Å². The Kier molecular flexibility index (Phi) is 9.94. The van der Waals surface area contributed by atoms with Crippen molar-refractivity contribution < 1.29 is 28.6 Å². The van der Waals surface area contributed by atoms with Crippen LogP contribution in [-0.2, 0) is 42.0 Å². The van der Waals surface area contributed by atoms with E-state index in [0.717, 1.165) is 5.56 Å². The summed E-state index contributed by atoms with van der Waals surface area (Å²) in [5.74, 6) is -0.357. The molecule has 0 saturated heterocycles. The number of pyridine rings is 1. The normalized spacial score (nSPS) is 11.1. The molecule has 0 spiro atoms. The summed E-state index contributed by atoms with van der Waals surface area (Å²) in [5.41, 5.74) is 2.02. The summed E-state index contributed by atoms with van der Waals surface area (Å²) in [6, 6.07) is 6.76. The van der Waals surface area contributed by atoms with E-state index in [1.807, 2.05) is 5.32 Å². The van der Waals surface area contributed by atoms with Crippen molar-refractivity contribution in [2.24, 2.45) is 0 Å². The van der Waals surface area contributed by atoms with Crippen LogP contribution in [0, 0.1) is 6.92 Å². The molecular formula is C27H32ClN5O7. The van der Waals surface area contributed by atoms with Gasteiger partial charge in [-0.05, 0) is 62.6 Å². The molecular weight excluding hydrogens is 542 g/mol. The highest BCUT2D eigenvalue weighted by molar-refractivity contribution is 6.30. The van der Waals surface area contributed by atoms with Crippen LogP contribution < -0.4 is 21.5 Å². The van der Waals surface area contributed by atoms with Crippen LogP contribution >= 0.6 is 11.6 Å². The Morgan fingerprint density at radius 2 is 1.85 bits per heavy atom. The molecule has 0 aliphatic heterocycles. The molecule has 0 bridgehead atoms. The molecule has 2 heterocycles. The Labute approximate surface area is 235 Å². The number of halogens is 1. The smallest absolute Gasteiger partial charge is 0.412 e. The number of carbonyl (C=O) groups excluding carboxylic acids is 2. The van der Waals surface area contributed by atoms with Crippen LogP contribution in [0.3, 0.4) is 0 Å². The number of oxazole rings is 1. The first-order chi connectivity index (χ1) is 18.8. The number of anilines is 1. The molecule has 214 valence electrons. The number of hydrogen-bond acceptors (Lipinski definition) is 7. The number of carbonyl (C=O) groups is 3. The van der Waals surface area contributed by atoms with Crippen molar-refractivity contribution in [3.05, 3.63) is 80.0 Å². The SMILES string of the molecule is Cc1ccn(CCc2coc(NC(=O)O)n2)c(=O)c1CC(=O)NCc1cc(Cl)ccc1CNC(=O)OC(C)(C)C. The molecule has 0 fully saturated rings. The highest BCUT2D eigenvalue weighted by Gasteiger charge is 2.17. The molecule has 0 unspecified atom stereocenters. The molecule has 2 aromatic heterocycles. The summed E-state index contributed by atoms with van der Waals surface area (Å²) >= 11 is 6.16. The zero-order valence-corrected chi connectivity index (χ0v) is 23.4. The van der Waals surface area contributed by atoms with Crippen LogP contribution in [0.1, 0.15) is 48.7 Å². The summed E-state index contributed by atoms with van der Waals surface area (Å²) < 4.78 is 11.8. The van der Waals surface area contributed by atoms with Crippen molar-refractivity contribution in [1.29, 1.82) is 0 Å². The highest BCUT2D eigenvalue weighted by atomic mass is 35.5. The maximum absolute atomic E-state index is 13.1. The van der Waals surface area contributed by atoms with E-state index in [9.17, 15) is 19.2 Å². The summed E-state index contributed by atoms with van der Waals surface area (Å²) in [7, 11) is 0. The van der Waals surface area contributed by atoms with Gasteiger partial charge in [-0.3, -0.25) is 9.59 Å². The van der Waals surface area contributed by atoms with Crippen LogP contribution in [0.25, 0.3) is 0 Å². The van der Waals surface area contributed by atoms with Gasteiger partial charge in [0.25, 0.3) is 5.56 Å². The van der Waals surface area contributed by atoms with Gasteiger partial charge in [0, 0.05) is 42.8 Å². The monoisotopic (exact) mass is 573 g/mol. The lowest BCUT2D eigenvalue weighted by molar-refractivity contribution is -0.120. The van der Waals surface area contributed by atoms with Crippen LogP contribution in [0.4, 0.5) is 15.6 Å². The number of benzene rings is 1. The van der Waals surface area contributed by atoms with E-state index >= 15 is 0 Å². The Morgan fingerprint density at radius 1 is 1.12 bits per heavy atom. The Bertz CT molecular complexity index is 1440. The molecule has 3 aromatic rings. The number of hydrogen-bond donors (Lipinski definition) is 4. The summed E-state index contributed by atoms with van der Waals surface area (Å²) in [4.78, 5) is 52.7. The van der Waals surface area contributed by atoms with Crippen LogP contribution in [0.2, 0.25) is 5.02 Å². The molecule has 40 heavy (non-hydrogen) atoms. The largest absolute Gasteiger partial charge is 0.465 e. The van der Waals surface area contributed by atoms with Gasteiger partial charge in [-0.25, -0.2) is 14.9 Å². The van der Waals surface area contributed by atoms with Gasteiger partial charge in [-0.1, -0.05) is 17.7 Å². The van der Waals surface area contributed by atoms with Gasteiger partial charge in [-0.2, -0.15) is 4.98 Å². The minimum atomic E-state index is -1.30. The highest BCUT2D eigenvalue weighted by Crippen LogP contribution is 2.17. The third-order valence-corrected chi connectivity index (χ3v) is 5.91. The first kappa shape index (κ1) is 30.2. The molecule has 13 heteroatoms. The summed E-state index contributed by atoms with van der Waals surface area (Å²) in [5, 5.41) is 16.8. The third-order valence-electron chi connectivity index (χ3n) is 5.68. The maximum Gasteiger partial charge on any atom is 0.412 e. The number of nitrogens with zero attached hydrogens (tertiary/aromatic N) is 2. The maximum atomic E-state index is 13.1. The van der Waals surface area contributed by atoms with Gasteiger partial charge in [0.05, 0.1) is 12.1 Å². The number of alkyl carbamates (subject to hydrolysis) is 1. The topological polar surface area (TPSA) is 165 Å². The van der Waals surface area contributed by atoms with Crippen LogP contribution in [0.15, 0.2) is 45.9 Å². The van der Waals surface area contributed by atoms with Gasteiger partial charge in [0.1, 0.15) is 11.9 Å². The van der Waals surface area contributed by atoms with Gasteiger partial charge in [0.15, 0.2) is 0 Å². The Morgan fingerprint density at radius 3 is 2.55 bits per heavy atom. The number of nitrogens with one attached hydrogen (secondary N) is 3. The molecule has 0 radical (unpaired) electrons. The van der Waals surface area contributed by atoms with Crippen molar-refractivity contribution in [3.8, 4) is 0 Å². The average molecular weight is 574 g/mol. The van der Waals surface area contributed by atoms with Crippen molar-refractivity contribution in [1.82, 2.24) is 20.2 Å². The number of carboxylic acid groups (broad SMARTS) is 1. The number of aromatic nitrogens is 2. The lowest BCUT2D eigenvalue weighted by atomic mass is 10.1. The Balaban J connectivity index is 1.62. The third kappa shape index (κ3) is 9.16. The predicted molar refractivity (Wildman–Crippen MR) is 147 cm³/mol. The molecule has 0 atom stereocenters. The minimum absolute atomic E-state index is 0.131. The fourth-order valence-corrected chi connectivity index (χ4v) is 3.93. The van der Waals surface area contributed by atoms with E-state index in [1.54, 1.807) is 58.2 Å². The number of aryl methyl sites for hydroxylation is 3. The number of rotatable bonds is 10. The standard InChI is InChI=1S/C27H32ClN5O7/c1-16-7-9-33(10-8-20-15-39-24(31-20)32-25(36)37)23(35)21(16)12-22(34)29-14-18-11-19(28)6-5-17(18)13-30-26(38)40-27(2,3)4/h5-7,9,11,15H,8,10,12-14H2,1-4H3,(H,29,34)(H,30,38)(H,31,32)(H,36,37). The second-order valence-corrected chi connectivity index (χ2v) is 10.5. The van der Waals surface area contributed by atoms with Crippen molar-refractivity contribution in [3.63, 3.8) is 0 Å². The predicted octanol–water partition coefficient (Wildman–Crippen LogP) is 4.01. The Hall–Kier alpha value is -4.32. The zero-order valence-electron chi connectivity index (χ0n) is 22.7. The molecule has 0 aliphatic carbocycles. The number of amides is 3. The lowest BCUT2D eigenvalue weighted by Gasteiger charge is -2.20. The molecule has 1 aromatic carbocycles. The molecule has 4 N–H and O–H groups in total. The van der Waals surface area contributed by atoms with Crippen LogP contribution in [-0.4, -0.2) is 38.4 Å². The average Bonchev–Trinajstić information content (AvgIpc) is 3.29. The van der Waals surface area contributed by atoms with E-state index in [-0.39, 0.29) is 43.5 Å². The molecule has 12 nitrogen and oxygen atoms in total. The van der Waals surface area contributed by atoms with E-state index in [1.165, 1.54) is 10.8 Å². The molecule has 0 aliphatic rings. The second kappa shape index (κ2) is 13.2. The van der Waals surface area contributed by atoms with Gasteiger partial charge in [-0.15, -0.1) is 0 Å². The second-order valence-electron chi connectivity index (χ2n) is 10.0. The fourth-order valence-electron chi connectivity index (χ4n) is 3.74. The van der Waals surface area contributed by atoms with Gasteiger partial charge in [0.2, 0.25) is 5.91 Å². The molecule has 3 rings (SSSR count). The van der Waals surface area contributed by atoms with Gasteiger partial charge < -0.3 is 29.5 Å². The summed E-state index contributed by atoms with van der Waals surface area (Å²) in [6.07, 6.45) is 1.27. The zero-order chi connectivity index (χ0) is 29.4. The first-order valence-corrected chi connectivity index (χ1v) is 12.8. The van der Waals surface area contributed by atoms with E-state index in [0.29, 0.717) is 33.8 Å². The quantitative estimate of drug-likeness (QED) is 0.282. The fraction of sp³-hybridized carbons (Fsp3) is 0.370. The van der Waals surface area contributed by atoms with Crippen molar-refractivity contribution in [2.75, 3.05) is 5.32 Å². The van der Waals surface area contributed by atoms with E-state index in [4.69, 9.17) is 25.9 Å². The summed E-state index contributed by atoms with van der Waals surface area (Å²) in [6.45, 7) is 7.65. The van der Waals surface area contributed by atoms with Crippen molar-refractivity contribution >= 4 is 35.7 Å². The van der Waals surface area contributed by atoms with Gasteiger partial charge >= 0.3 is 18.2 Å². The first-order valence-electron chi connectivity index (χ1n) is 12.4. The lowest BCUT2D eigenvalue weighted by Crippen LogP contribution is -2.33. The van der Waals surface area contributed by atoms with Crippen molar-refractivity contribution in [2.45, 2.75) is 65.8 Å². The van der Waals surface area contributed by atoms with E-state index in [2.05, 4.69) is 15.6 Å². The van der Waals surface area contributed by atoms with E-state index < -0.39 is 17.8 Å². The minimum Gasteiger partial charge on any atom is -0.465 e.